The van der Waals surface area contributed by atoms with E-state index in [2.05, 4.69) is 55.5 Å². The van der Waals surface area contributed by atoms with Gasteiger partial charge in [-0.15, -0.1) is 0 Å². The Bertz CT molecular complexity index is 371. The van der Waals surface area contributed by atoms with Crippen molar-refractivity contribution in [3.63, 3.8) is 0 Å². The van der Waals surface area contributed by atoms with Crippen molar-refractivity contribution >= 4 is 0 Å². The molecule has 19 heavy (non-hydrogen) atoms. The van der Waals surface area contributed by atoms with Gasteiger partial charge in [-0.25, -0.2) is 0 Å². The SMILES string of the molecule is CCc1cc(CN(C)C(CC)(CC)CN)n(CC)n1. The Balaban J connectivity index is 2.91. The Morgan fingerprint density at radius 2 is 1.89 bits per heavy atom. The number of rotatable bonds is 8. The predicted molar refractivity (Wildman–Crippen MR) is 81.1 cm³/mol. The van der Waals surface area contributed by atoms with Crippen LogP contribution in [0.1, 0.15) is 51.9 Å². The second kappa shape index (κ2) is 7.06. The van der Waals surface area contributed by atoms with Crippen molar-refractivity contribution in [2.45, 2.75) is 65.6 Å². The van der Waals surface area contributed by atoms with Crippen molar-refractivity contribution in [3.8, 4) is 0 Å². The molecule has 0 bridgehead atoms. The number of nitrogens with two attached hydrogens (primary N) is 1. The summed E-state index contributed by atoms with van der Waals surface area (Å²) in [4.78, 5) is 2.40. The van der Waals surface area contributed by atoms with Crippen LogP contribution in [0.2, 0.25) is 0 Å². The van der Waals surface area contributed by atoms with E-state index in [9.17, 15) is 0 Å². The highest BCUT2D eigenvalue weighted by molar-refractivity contribution is 5.11. The molecular formula is C15H30N4. The van der Waals surface area contributed by atoms with E-state index in [1.807, 2.05) is 0 Å². The third kappa shape index (κ3) is 3.37. The number of hydrogen-bond donors (Lipinski definition) is 1. The van der Waals surface area contributed by atoms with Gasteiger partial charge >= 0.3 is 0 Å². The monoisotopic (exact) mass is 266 g/mol. The fourth-order valence-corrected chi connectivity index (χ4v) is 2.73. The molecular weight excluding hydrogens is 236 g/mol. The largest absolute Gasteiger partial charge is 0.329 e. The molecule has 0 saturated heterocycles. The highest BCUT2D eigenvalue weighted by atomic mass is 15.3. The molecule has 0 aromatic carbocycles. The number of aryl methyl sites for hydroxylation is 2. The van der Waals surface area contributed by atoms with Crippen molar-refractivity contribution in [1.82, 2.24) is 14.7 Å². The van der Waals surface area contributed by atoms with Gasteiger partial charge in [-0.3, -0.25) is 9.58 Å². The summed E-state index contributed by atoms with van der Waals surface area (Å²) in [7, 11) is 2.18. The molecule has 0 saturated carbocycles. The van der Waals surface area contributed by atoms with Crippen molar-refractivity contribution in [1.29, 1.82) is 0 Å². The molecule has 2 N–H and O–H groups in total. The maximum atomic E-state index is 6.02. The van der Waals surface area contributed by atoms with Crippen LogP contribution in [0, 0.1) is 0 Å². The van der Waals surface area contributed by atoms with Crippen LogP contribution in [0.4, 0.5) is 0 Å². The van der Waals surface area contributed by atoms with Gasteiger partial charge in [0.25, 0.3) is 0 Å². The number of likely N-dealkylation sites (N-methyl/N-ethyl adjacent to an activating group) is 1. The van der Waals surface area contributed by atoms with Gasteiger partial charge in [0.2, 0.25) is 0 Å². The van der Waals surface area contributed by atoms with E-state index in [0.29, 0.717) is 6.54 Å². The first kappa shape index (κ1) is 16.2. The first-order valence-electron chi connectivity index (χ1n) is 7.53. The predicted octanol–water partition coefficient (Wildman–Crippen LogP) is 2.41. The van der Waals surface area contributed by atoms with E-state index in [4.69, 9.17) is 5.73 Å². The summed E-state index contributed by atoms with van der Waals surface area (Å²) in [5, 5.41) is 4.62. The van der Waals surface area contributed by atoms with Gasteiger partial charge in [0.15, 0.2) is 0 Å². The second-order valence-electron chi connectivity index (χ2n) is 5.29. The molecule has 0 aliphatic carbocycles. The van der Waals surface area contributed by atoms with Gasteiger partial charge in [-0.2, -0.15) is 5.10 Å². The van der Waals surface area contributed by atoms with Crippen LogP contribution in [0.15, 0.2) is 6.07 Å². The van der Waals surface area contributed by atoms with Crippen LogP contribution in [-0.2, 0) is 19.5 Å². The summed E-state index contributed by atoms with van der Waals surface area (Å²) in [5.74, 6) is 0. The summed E-state index contributed by atoms with van der Waals surface area (Å²) in [6.45, 7) is 11.3. The van der Waals surface area contributed by atoms with Gasteiger partial charge in [-0.05, 0) is 39.3 Å². The van der Waals surface area contributed by atoms with Crippen molar-refractivity contribution in [3.05, 3.63) is 17.5 Å². The van der Waals surface area contributed by atoms with Crippen LogP contribution in [0.3, 0.4) is 0 Å². The molecule has 0 atom stereocenters. The lowest BCUT2D eigenvalue weighted by molar-refractivity contribution is 0.105. The van der Waals surface area contributed by atoms with Gasteiger partial charge in [0.05, 0.1) is 11.4 Å². The molecule has 1 heterocycles. The Labute approximate surface area is 118 Å². The molecule has 4 heteroatoms. The van der Waals surface area contributed by atoms with Gasteiger partial charge in [0.1, 0.15) is 0 Å². The van der Waals surface area contributed by atoms with E-state index in [-0.39, 0.29) is 5.54 Å². The van der Waals surface area contributed by atoms with Gasteiger partial charge < -0.3 is 5.73 Å². The average molecular weight is 266 g/mol. The van der Waals surface area contributed by atoms with Crippen LogP contribution in [-0.4, -0.2) is 33.8 Å². The molecule has 1 rings (SSSR count). The minimum Gasteiger partial charge on any atom is -0.329 e. The highest BCUT2D eigenvalue weighted by Crippen LogP contribution is 2.23. The molecule has 0 fully saturated rings. The number of aromatic nitrogens is 2. The molecule has 0 radical (unpaired) electrons. The van der Waals surface area contributed by atoms with E-state index >= 15 is 0 Å². The maximum Gasteiger partial charge on any atom is 0.0625 e. The first-order valence-corrected chi connectivity index (χ1v) is 7.53. The smallest absolute Gasteiger partial charge is 0.0625 e. The summed E-state index contributed by atoms with van der Waals surface area (Å²) in [6, 6.07) is 2.23. The Hall–Kier alpha value is -0.870. The quantitative estimate of drug-likeness (QED) is 0.786. The van der Waals surface area contributed by atoms with Gasteiger partial charge in [-0.1, -0.05) is 20.8 Å². The van der Waals surface area contributed by atoms with E-state index in [1.165, 1.54) is 11.4 Å². The van der Waals surface area contributed by atoms with E-state index < -0.39 is 0 Å². The molecule has 1 aromatic rings. The lowest BCUT2D eigenvalue weighted by atomic mass is 9.91. The molecule has 4 nitrogen and oxygen atoms in total. The van der Waals surface area contributed by atoms with E-state index in [0.717, 1.165) is 32.4 Å². The minimum absolute atomic E-state index is 0.106. The third-order valence-corrected chi connectivity index (χ3v) is 4.48. The zero-order chi connectivity index (χ0) is 14.5. The fraction of sp³-hybridized carbons (Fsp3) is 0.800. The summed E-state index contributed by atoms with van der Waals surface area (Å²) < 4.78 is 2.11. The lowest BCUT2D eigenvalue weighted by Crippen LogP contribution is -2.51. The zero-order valence-corrected chi connectivity index (χ0v) is 13.2. The Kier molecular flexibility index (Phi) is 6.01. The summed E-state index contributed by atoms with van der Waals surface area (Å²) in [5.41, 5.74) is 8.60. The molecule has 0 aliphatic rings. The molecule has 0 unspecified atom stereocenters. The lowest BCUT2D eigenvalue weighted by Gasteiger charge is -2.40. The second-order valence-corrected chi connectivity index (χ2v) is 5.29. The Morgan fingerprint density at radius 3 is 2.32 bits per heavy atom. The summed E-state index contributed by atoms with van der Waals surface area (Å²) in [6.07, 6.45) is 3.15. The summed E-state index contributed by atoms with van der Waals surface area (Å²) >= 11 is 0. The van der Waals surface area contributed by atoms with Crippen LogP contribution in [0.25, 0.3) is 0 Å². The molecule has 0 spiro atoms. The van der Waals surface area contributed by atoms with Crippen LogP contribution < -0.4 is 5.73 Å². The van der Waals surface area contributed by atoms with Gasteiger partial charge in [0, 0.05) is 25.2 Å². The molecule has 1 aromatic heterocycles. The van der Waals surface area contributed by atoms with Crippen LogP contribution in [0.5, 0.6) is 0 Å². The first-order chi connectivity index (χ1) is 9.06. The average Bonchev–Trinajstić information content (AvgIpc) is 2.83. The topological polar surface area (TPSA) is 47.1 Å². The molecule has 0 aliphatic heterocycles. The highest BCUT2D eigenvalue weighted by Gasteiger charge is 2.29. The third-order valence-electron chi connectivity index (χ3n) is 4.48. The maximum absolute atomic E-state index is 6.02. The van der Waals surface area contributed by atoms with Crippen molar-refractivity contribution in [2.75, 3.05) is 13.6 Å². The fourth-order valence-electron chi connectivity index (χ4n) is 2.73. The normalized spacial score (nSPS) is 12.4. The molecule has 0 amide bonds. The Morgan fingerprint density at radius 1 is 1.26 bits per heavy atom. The van der Waals surface area contributed by atoms with Crippen molar-refractivity contribution < 1.29 is 0 Å². The standard InChI is InChI=1S/C15H30N4/c1-6-13-10-14(19(9-4)17-13)11-18(5)15(7-2,8-3)12-16/h10H,6-9,11-12,16H2,1-5H3. The number of hydrogen-bond acceptors (Lipinski definition) is 3. The zero-order valence-electron chi connectivity index (χ0n) is 13.2. The molecule has 110 valence electrons. The number of nitrogens with zero attached hydrogens (tertiary/aromatic N) is 3. The van der Waals surface area contributed by atoms with Crippen molar-refractivity contribution in [2.24, 2.45) is 5.73 Å². The van der Waals surface area contributed by atoms with E-state index in [1.54, 1.807) is 0 Å². The van der Waals surface area contributed by atoms with Crippen LogP contribution >= 0.6 is 0 Å². The minimum atomic E-state index is 0.106.